The summed E-state index contributed by atoms with van der Waals surface area (Å²) in [5, 5.41) is 0. The van der Waals surface area contributed by atoms with Gasteiger partial charge in [-0.3, -0.25) is 0 Å². The summed E-state index contributed by atoms with van der Waals surface area (Å²) in [7, 11) is 0. The van der Waals surface area contributed by atoms with Crippen LogP contribution in [-0.4, -0.2) is 0 Å². The fourth-order valence-corrected chi connectivity index (χ4v) is 5.76. The zero-order valence-corrected chi connectivity index (χ0v) is 17.0. The standard InChI is InChI=1S/C23H42/c1-8-17(4)20-10-9-15-23(7)21(13-14-22(20)23)19(6)12-11-18(5)16(2)3/h16,18-19,21-22H,8-15H2,1-7H3/b20-17+. The largest absolute Gasteiger partial charge is 0.0741 e. The molecule has 0 heterocycles. The Hall–Kier alpha value is -0.260. The summed E-state index contributed by atoms with van der Waals surface area (Å²) in [6, 6.07) is 0. The summed E-state index contributed by atoms with van der Waals surface area (Å²) in [6.07, 6.45) is 11.4. The third-order valence-corrected chi connectivity index (χ3v) is 7.97. The molecule has 0 radical (unpaired) electrons. The van der Waals surface area contributed by atoms with Gasteiger partial charge in [0.15, 0.2) is 0 Å². The van der Waals surface area contributed by atoms with Crippen molar-refractivity contribution in [3.8, 4) is 0 Å². The Bertz CT molecular complexity index is 416. The van der Waals surface area contributed by atoms with Gasteiger partial charge in [-0.15, -0.1) is 0 Å². The van der Waals surface area contributed by atoms with Crippen LogP contribution in [0.1, 0.15) is 99.8 Å². The van der Waals surface area contributed by atoms with E-state index in [-0.39, 0.29) is 0 Å². The molecule has 0 saturated heterocycles. The summed E-state index contributed by atoms with van der Waals surface area (Å²) in [5.41, 5.74) is 4.18. The molecule has 0 aromatic carbocycles. The van der Waals surface area contributed by atoms with E-state index < -0.39 is 0 Å². The minimum absolute atomic E-state index is 0.602. The van der Waals surface area contributed by atoms with E-state index >= 15 is 0 Å². The summed E-state index contributed by atoms with van der Waals surface area (Å²) < 4.78 is 0. The van der Waals surface area contributed by atoms with Crippen molar-refractivity contribution in [1.29, 1.82) is 0 Å². The van der Waals surface area contributed by atoms with Crippen molar-refractivity contribution in [2.24, 2.45) is 35.0 Å². The quantitative estimate of drug-likeness (QED) is 0.441. The van der Waals surface area contributed by atoms with Crippen molar-refractivity contribution >= 4 is 0 Å². The average Bonchev–Trinajstić information content (AvgIpc) is 2.88. The Morgan fingerprint density at radius 2 is 1.83 bits per heavy atom. The lowest BCUT2D eigenvalue weighted by Gasteiger charge is -2.45. The maximum Gasteiger partial charge on any atom is -0.0144 e. The van der Waals surface area contributed by atoms with Crippen LogP contribution in [-0.2, 0) is 0 Å². The highest BCUT2D eigenvalue weighted by Gasteiger charge is 2.50. The molecule has 0 amide bonds. The summed E-state index contributed by atoms with van der Waals surface area (Å²) in [5.74, 6) is 4.50. The second kappa shape index (κ2) is 7.75. The zero-order chi connectivity index (χ0) is 17.2. The molecule has 0 aliphatic heterocycles. The molecule has 0 aromatic rings. The van der Waals surface area contributed by atoms with E-state index in [4.69, 9.17) is 0 Å². The van der Waals surface area contributed by atoms with E-state index in [1.807, 2.05) is 5.57 Å². The molecule has 0 spiro atoms. The molecule has 0 N–H and O–H groups in total. The van der Waals surface area contributed by atoms with Gasteiger partial charge in [-0.1, -0.05) is 65.5 Å². The monoisotopic (exact) mass is 318 g/mol. The van der Waals surface area contributed by atoms with Crippen LogP contribution < -0.4 is 0 Å². The lowest BCUT2D eigenvalue weighted by Crippen LogP contribution is -2.36. The molecule has 2 saturated carbocycles. The normalized spacial score (nSPS) is 36.0. The van der Waals surface area contributed by atoms with Crippen LogP contribution in [0.4, 0.5) is 0 Å². The summed E-state index contributed by atoms with van der Waals surface area (Å²) >= 11 is 0. The first-order chi connectivity index (χ1) is 10.8. The smallest absolute Gasteiger partial charge is 0.0144 e. The van der Waals surface area contributed by atoms with Crippen molar-refractivity contribution in [2.45, 2.75) is 99.8 Å². The molecule has 2 rings (SSSR count). The Balaban J connectivity index is 2.08. The molecule has 5 atom stereocenters. The first kappa shape index (κ1) is 19.1. The topological polar surface area (TPSA) is 0 Å². The first-order valence-corrected chi connectivity index (χ1v) is 10.5. The van der Waals surface area contributed by atoms with Gasteiger partial charge < -0.3 is 0 Å². The van der Waals surface area contributed by atoms with E-state index in [1.165, 1.54) is 51.4 Å². The molecule has 2 aliphatic rings. The van der Waals surface area contributed by atoms with Crippen molar-refractivity contribution in [1.82, 2.24) is 0 Å². The fourth-order valence-electron chi connectivity index (χ4n) is 5.76. The molecule has 5 unspecified atom stereocenters. The van der Waals surface area contributed by atoms with Gasteiger partial charge in [-0.2, -0.15) is 0 Å². The van der Waals surface area contributed by atoms with Crippen LogP contribution in [0.2, 0.25) is 0 Å². The fraction of sp³-hybridized carbons (Fsp3) is 0.913. The van der Waals surface area contributed by atoms with Crippen molar-refractivity contribution in [3.05, 3.63) is 11.1 Å². The van der Waals surface area contributed by atoms with Crippen molar-refractivity contribution < 1.29 is 0 Å². The number of rotatable bonds is 6. The van der Waals surface area contributed by atoms with Crippen LogP contribution in [0.15, 0.2) is 11.1 Å². The van der Waals surface area contributed by atoms with E-state index in [2.05, 4.69) is 48.5 Å². The maximum atomic E-state index is 2.65. The van der Waals surface area contributed by atoms with Gasteiger partial charge >= 0.3 is 0 Å². The third kappa shape index (κ3) is 3.88. The molecule has 0 bridgehead atoms. The van der Waals surface area contributed by atoms with Gasteiger partial charge in [-0.25, -0.2) is 0 Å². The Morgan fingerprint density at radius 1 is 1.13 bits per heavy atom. The minimum Gasteiger partial charge on any atom is -0.0741 e. The van der Waals surface area contributed by atoms with Crippen LogP contribution in [0, 0.1) is 35.0 Å². The maximum absolute atomic E-state index is 2.65. The molecular weight excluding hydrogens is 276 g/mol. The lowest BCUT2D eigenvalue weighted by atomic mass is 9.60. The predicted molar refractivity (Wildman–Crippen MR) is 104 cm³/mol. The molecule has 2 aliphatic carbocycles. The highest BCUT2D eigenvalue weighted by Crippen LogP contribution is 2.60. The molecule has 134 valence electrons. The molecule has 0 nitrogen and oxygen atoms in total. The van der Waals surface area contributed by atoms with Crippen LogP contribution in [0.5, 0.6) is 0 Å². The van der Waals surface area contributed by atoms with Gasteiger partial charge in [0.05, 0.1) is 0 Å². The number of allylic oxidation sites excluding steroid dienone is 2. The van der Waals surface area contributed by atoms with E-state index in [0.717, 1.165) is 29.6 Å². The Kier molecular flexibility index (Phi) is 6.42. The Labute approximate surface area is 146 Å². The van der Waals surface area contributed by atoms with Crippen molar-refractivity contribution in [3.63, 3.8) is 0 Å². The van der Waals surface area contributed by atoms with Gasteiger partial charge in [-0.05, 0) is 80.5 Å². The first-order valence-electron chi connectivity index (χ1n) is 10.5. The van der Waals surface area contributed by atoms with Crippen LogP contribution in [0.25, 0.3) is 0 Å². The minimum atomic E-state index is 0.602. The second-order valence-corrected chi connectivity index (χ2v) is 9.53. The Morgan fingerprint density at radius 3 is 2.43 bits per heavy atom. The van der Waals surface area contributed by atoms with E-state index in [9.17, 15) is 0 Å². The molecule has 0 aromatic heterocycles. The predicted octanol–water partition coefficient (Wildman–Crippen LogP) is 7.64. The average molecular weight is 319 g/mol. The van der Waals surface area contributed by atoms with Gasteiger partial charge in [0.25, 0.3) is 0 Å². The van der Waals surface area contributed by atoms with Gasteiger partial charge in [0.2, 0.25) is 0 Å². The van der Waals surface area contributed by atoms with Crippen LogP contribution in [0.3, 0.4) is 0 Å². The highest BCUT2D eigenvalue weighted by molar-refractivity contribution is 5.23. The lowest BCUT2D eigenvalue weighted by molar-refractivity contribution is 0.0900. The van der Waals surface area contributed by atoms with E-state index in [1.54, 1.807) is 5.57 Å². The SMILES string of the molecule is CC/C(C)=C1\CCCC2(C)C1CCC2C(C)CCC(C)C(C)C. The zero-order valence-electron chi connectivity index (χ0n) is 17.0. The molecule has 2 fully saturated rings. The number of hydrogen-bond acceptors (Lipinski definition) is 0. The van der Waals surface area contributed by atoms with Gasteiger partial charge in [0, 0.05) is 0 Å². The summed E-state index contributed by atoms with van der Waals surface area (Å²) in [6.45, 7) is 17.2. The highest BCUT2D eigenvalue weighted by atomic mass is 14.5. The van der Waals surface area contributed by atoms with Gasteiger partial charge in [0.1, 0.15) is 0 Å². The number of fused-ring (bicyclic) bond motifs is 1. The molecule has 23 heavy (non-hydrogen) atoms. The second-order valence-electron chi connectivity index (χ2n) is 9.53. The number of hydrogen-bond donors (Lipinski definition) is 0. The molecular formula is C23H42. The van der Waals surface area contributed by atoms with Crippen LogP contribution >= 0.6 is 0 Å². The molecule has 0 heteroatoms. The van der Waals surface area contributed by atoms with E-state index in [0.29, 0.717) is 5.41 Å². The summed E-state index contributed by atoms with van der Waals surface area (Å²) in [4.78, 5) is 0. The third-order valence-electron chi connectivity index (χ3n) is 7.97. The van der Waals surface area contributed by atoms with Crippen molar-refractivity contribution in [2.75, 3.05) is 0 Å².